The molecule has 1 N–H and O–H groups in total. The van der Waals surface area contributed by atoms with Crippen molar-refractivity contribution >= 4 is 0 Å². The van der Waals surface area contributed by atoms with E-state index in [1.807, 2.05) is 0 Å². The molecule has 2 heteroatoms. The summed E-state index contributed by atoms with van der Waals surface area (Å²) in [5.41, 5.74) is 1.39. The fraction of sp³-hybridized carbons (Fsp3) is 0.667. The van der Waals surface area contributed by atoms with Crippen molar-refractivity contribution in [3.63, 3.8) is 0 Å². The smallest absolute Gasteiger partial charge is 0.0223 e. The highest BCUT2D eigenvalue weighted by Crippen LogP contribution is 2.02. The summed E-state index contributed by atoms with van der Waals surface area (Å²) in [4.78, 5) is 0. The SMILES string of the molecule is CCCn1ccc(CNC(C)CC)c1. The lowest BCUT2D eigenvalue weighted by molar-refractivity contribution is 0.533. The van der Waals surface area contributed by atoms with Crippen LogP contribution in [0.1, 0.15) is 39.2 Å². The van der Waals surface area contributed by atoms with Crippen LogP contribution in [0, 0.1) is 0 Å². The Bertz CT molecular complexity index is 253. The third-order valence-corrected chi connectivity index (χ3v) is 2.56. The third-order valence-electron chi connectivity index (χ3n) is 2.56. The maximum atomic E-state index is 3.49. The van der Waals surface area contributed by atoms with E-state index in [9.17, 15) is 0 Å². The van der Waals surface area contributed by atoms with Gasteiger partial charge in [-0.05, 0) is 31.4 Å². The van der Waals surface area contributed by atoms with Gasteiger partial charge in [0.05, 0.1) is 0 Å². The second kappa shape index (κ2) is 5.86. The number of hydrogen-bond acceptors (Lipinski definition) is 1. The molecule has 1 heterocycles. The predicted molar refractivity (Wildman–Crippen MR) is 61.3 cm³/mol. The summed E-state index contributed by atoms with van der Waals surface area (Å²) in [7, 11) is 0. The van der Waals surface area contributed by atoms with Gasteiger partial charge in [0.15, 0.2) is 0 Å². The van der Waals surface area contributed by atoms with Crippen LogP contribution in [-0.4, -0.2) is 10.6 Å². The normalized spacial score (nSPS) is 13.1. The van der Waals surface area contributed by atoms with E-state index in [-0.39, 0.29) is 0 Å². The molecule has 0 aliphatic carbocycles. The lowest BCUT2D eigenvalue weighted by atomic mass is 10.2. The molecular formula is C12H22N2. The number of nitrogens with zero attached hydrogens (tertiary/aromatic N) is 1. The second-order valence-electron chi connectivity index (χ2n) is 3.95. The standard InChI is InChI=1S/C12H22N2/c1-4-7-14-8-6-12(10-14)9-13-11(3)5-2/h6,8,10-11,13H,4-5,7,9H2,1-3H3. The zero-order valence-corrected chi connectivity index (χ0v) is 9.59. The van der Waals surface area contributed by atoms with Gasteiger partial charge in [-0.2, -0.15) is 0 Å². The summed E-state index contributed by atoms with van der Waals surface area (Å²) in [5, 5.41) is 3.49. The van der Waals surface area contributed by atoms with Gasteiger partial charge in [-0.3, -0.25) is 0 Å². The highest BCUT2D eigenvalue weighted by molar-refractivity contribution is 5.09. The number of nitrogens with one attached hydrogen (secondary N) is 1. The van der Waals surface area contributed by atoms with Gasteiger partial charge in [-0.15, -0.1) is 0 Å². The highest BCUT2D eigenvalue weighted by atomic mass is 14.9. The van der Waals surface area contributed by atoms with Crippen molar-refractivity contribution in [1.82, 2.24) is 9.88 Å². The quantitative estimate of drug-likeness (QED) is 0.737. The summed E-state index contributed by atoms with van der Waals surface area (Å²) in [6.45, 7) is 8.76. The molecule has 1 aromatic rings. The van der Waals surface area contributed by atoms with Gasteiger partial charge in [0.2, 0.25) is 0 Å². The Labute approximate surface area is 87.3 Å². The van der Waals surface area contributed by atoms with Crippen molar-refractivity contribution in [2.45, 2.75) is 52.7 Å². The van der Waals surface area contributed by atoms with Crippen LogP contribution in [0.3, 0.4) is 0 Å². The minimum atomic E-state index is 0.615. The number of aromatic nitrogens is 1. The Balaban J connectivity index is 2.35. The summed E-state index contributed by atoms with van der Waals surface area (Å²) >= 11 is 0. The molecule has 0 saturated heterocycles. The first kappa shape index (κ1) is 11.3. The monoisotopic (exact) mass is 194 g/mol. The summed E-state index contributed by atoms with van der Waals surface area (Å²) in [6.07, 6.45) is 6.79. The molecule has 80 valence electrons. The molecule has 1 atom stereocenters. The summed E-state index contributed by atoms with van der Waals surface area (Å²) in [5.74, 6) is 0. The largest absolute Gasteiger partial charge is 0.354 e. The zero-order valence-electron chi connectivity index (χ0n) is 9.59. The Morgan fingerprint density at radius 1 is 1.43 bits per heavy atom. The first-order chi connectivity index (χ1) is 6.76. The Morgan fingerprint density at radius 2 is 2.21 bits per heavy atom. The molecule has 0 spiro atoms. The van der Waals surface area contributed by atoms with Gasteiger partial charge >= 0.3 is 0 Å². The summed E-state index contributed by atoms with van der Waals surface area (Å²) in [6, 6.07) is 2.81. The van der Waals surface area contributed by atoms with Gasteiger partial charge in [-0.25, -0.2) is 0 Å². The average molecular weight is 194 g/mol. The van der Waals surface area contributed by atoms with Crippen molar-refractivity contribution in [3.8, 4) is 0 Å². The van der Waals surface area contributed by atoms with Crippen LogP contribution in [0.15, 0.2) is 18.5 Å². The number of rotatable bonds is 6. The van der Waals surface area contributed by atoms with E-state index in [1.54, 1.807) is 0 Å². The zero-order chi connectivity index (χ0) is 10.4. The molecule has 1 rings (SSSR count). The maximum Gasteiger partial charge on any atom is 0.0223 e. The second-order valence-corrected chi connectivity index (χ2v) is 3.95. The van der Waals surface area contributed by atoms with E-state index in [4.69, 9.17) is 0 Å². The molecule has 1 unspecified atom stereocenters. The molecule has 0 amide bonds. The summed E-state index contributed by atoms with van der Waals surface area (Å²) < 4.78 is 2.26. The van der Waals surface area contributed by atoms with Crippen LogP contribution in [0.2, 0.25) is 0 Å². The van der Waals surface area contributed by atoms with Crippen molar-refractivity contribution in [3.05, 3.63) is 24.0 Å². The molecule has 2 nitrogen and oxygen atoms in total. The molecule has 0 radical (unpaired) electrons. The van der Waals surface area contributed by atoms with Crippen LogP contribution in [0.25, 0.3) is 0 Å². The first-order valence-electron chi connectivity index (χ1n) is 5.64. The minimum absolute atomic E-state index is 0.615. The molecule has 0 bridgehead atoms. The van der Waals surface area contributed by atoms with E-state index in [0.717, 1.165) is 13.1 Å². The van der Waals surface area contributed by atoms with Crippen molar-refractivity contribution in [2.24, 2.45) is 0 Å². The van der Waals surface area contributed by atoms with Gasteiger partial charge < -0.3 is 9.88 Å². The van der Waals surface area contributed by atoms with Crippen LogP contribution < -0.4 is 5.32 Å². The lowest BCUT2D eigenvalue weighted by Crippen LogP contribution is -2.24. The molecule has 0 fully saturated rings. The van der Waals surface area contributed by atoms with Gasteiger partial charge in [0.25, 0.3) is 0 Å². The van der Waals surface area contributed by atoms with Crippen LogP contribution >= 0.6 is 0 Å². The van der Waals surface area contributed by atoms with E-state index in [0.29, 0.717) is 6.04 Å². The number of aryl methyl sites for hydroxylation is 1. The maximum absolute atomic E-state index is 3.49. The molecule has 0 aliphatic heterocycles. The van der Waals surface area contributed by atoms with E-state index in [2.05, 4.69) is 49.1 Å². The third kappa shape index (κ3) is 3.54. The fourth-order valence-corrected chi connectivity index (χ4v) is 1.43. The van der Waals surface area contributed by atoms with Crippen molar-refractivity contribution < 1.29 is 0 Å². The molecule has 1 aromatic heterocycles. The van der Waals surface area contributed by atoms with Crippen LogP contribution in [-0.2, 0) is 13.1 Å². The molecule has 14 heavy (non-hydrogen) atoms. The predicted octanol–water partition coefficient (Wildman–Crippen LogP) is 2.79. The lowest BCUT2D eigenvalue weighted by Gasteiger charge is -2.09. The molecule has 0 aliphatic rings. The Morgan fingerprint density at radius 3 is 2.86 bits per heavy atom. The Hall–Kier alpha value is -0.760. The first-order valence-corrected chi connectivity index (χ1v) is 5.64. The van der Waals surface area contributed by atoms with Gasteiger partial charge in [0.1, 0.15) is 0 Å². The molecule has 0 aromatic carbocycles. The highest BCUT2D eigenvalue weighted by Gasteiger charge is 1.99. The van der Waals surface area contributed by atoms with E-state index in [1.165, 1.54) is 18.4 Å². The van der Waals surface area contributed by atoms with E-state index >= 15 is 0 Å². The van der Waals surface area contributed by atoms with E-state index < -0.39 is 0 Å². The number of hydrogen-bond donors (Lipinski definition) is 1. The van der Waals surface area contributed by atoms with Crippen LogP contribution in [0.4, 0.5) is 0 Å². The molecular weight excluding hydrogens is 172 g/mol. The van der Waals surface area contributed by atoms with Gasteiger partial charge in [-0.1, -0.05) is 13.8 Å². The minimum Gasteiger partial charge on any atom is -0.354 e. The van der Waals surface area contributed by atoms with Crippen molar-refractivity contribution in [1.29, 1.82) is 0 Å². The Kier molecular flexibility index (Phi) is 4.74. The fourth-order valence-electron chi connectivity index (χ4n) is 1.43. The van der Waals surface area contributed by atoms with Gasteiger partial charge in [0, 0.05) is 31.5 Å². The topological polar surface area (TPSA) is 17.0 Å². The van der Waals surface area contributed by atoms with Crippen molar-refractivity contribution in [2.75, 3.05) is 0 Å². The molecule has 0 saturated carbocycles. The average Bonchev–Trinajstić information content (AvgIpc) is 2.63. The van der Waals surface area contributed by atoms with Crippen LogP contribution in [0.5, 0.6) is 0 Å².